The highest BCUT2D eigenvalue weighted by atomic mass is 16.3. The molecule has 0 fully saturated rings. The van der Waals surface area contributed by atoms with Crippen molar-refractivity contribution in [2.24, 2.45) is 0 Å². The third-order valence-corrected chi connectivity index (χ3v) is 2.63. The summed E-state index contributed by atoms with van der Waals surface area (Å²) in [6, 6.07) is 1.81. The van der Waals surface area contributed by atoms with Crippen LogP contribution in [0.5, 0.6) is 0 Å². The van der Waals surface area contributed by atoms with E-state index >= 15 is 0 Å². The summed E-state index contributed by atoms with van der Waals surface area (Å²) in [5.41, 5.74) is 0. The van der Waals surface area contributed by atoms with Gasteiger partial charge in [-0.15, -0.1) is 0 Å². The zero-order valence-corrected chi connectivity index (χ0v) is 11.7. The number of aliphatic hydroxyl groups is 1. The van der Waals surface area contributed by atoms with Crippen LogP contribution in [-0.2, 0) is 0 Å². The maximum absolute atomic E-state index is 9.02. The quantitative estimate of drug-likeness (QED) is 0.752. The predicted molar refractivity (Wildman–Crippen MR) is 76.1 cm³/mol. The van der Waals surface area contributed by atoms with Crippen molar-refractivity contribution in [2.45, 2.75) is 13.3 Å². The summed E-state index contributed by atoms with van der Waals surface area (Å²) in [5.74, 6) is 1.45. The Hall–Kier alpha value is -2.22. The molecule has 0 aromatic carbocycles. The third-order valence-electron chi connectivity index (χ3n) is 2.63. The number of hydrogen-bond donors (Lipinski definition) is 2. The van der Waals surface area contributed by atoms with E-state index in [9.17, 15) is 0 Å². The van der Waals surface area contributed by atoms with Gasteiger partial charge in [-0.25, -0.2) is 4.68 Å². The zero-order chi connectivity index (χ0) is 14.4. The molecule has 108 valence electrons. The summed E-state index contributed by atoms with van der Waals surface area (Å²) < 4.78 is 1.58. The monoisotopic (exact) mass is 277 g/mol. The highest BCUT2D eigenvalue weighted by Crippen LogP contribution is 2.11. The van der Waals surface area contributed by atoms with Gasteiger partial charge in [0.05, 0.1) is 6.61 Å². The molecule has 0 aliphatic heterocycles. The van der Waals surface area contributed by atoms with Crippen molar-refractivity contribution >= 4 is 11.9 Å². The van der Waals surface area contributed by atoms with Gasteiger partial charge in [0.15, 0.2) is 0 Å². The lowest BCUT2D eigenvalue weighted by molar-refractivity contribution is 0.303. The number of nitrogens with one attached hydrogen (secondary N) is 1. The van der Waals surface area contributed by atoms with Crippen molar-refractivity contribution < 1.29 is 5.11 Å². The fourth-order valence-electron chi connectivity index (χ4n) is 1.58. The van der Waals surface area contributed by atoms with Crippen molar-refractivity contribution in [1.82, 2.24) is 24.7 Å². The Kier molecular flexibility index (Phi) is 4.83. The van der Waals surface area contributed by atoms with E-state index in [0.717, 1.165) is 13.0 Å². The molecule has 20 heavy (non-hydrogen) atoms. The Labute approximate surface area is 117 Å². The van der Waals surface area contributed by atoms with Gasteiger partial charge in [0, 0.05) is 32.5 Å². The summed E-state index contributed by atoms with van der Waals surface area (Å²) in [6.07, 6.45) is 4.42. The number of rotatable bonds is 7. The van der Waals surface area contributed by atoms with Crippen LogP contribution in [0.1, 0.15) is 13.3 Å². The van der Waals surface area contributed by atoms with Crippen molar-refractivity contribution in [2.75, 3.05) is 37.0 Å². The first-order chi connectivity index (χ1) is 9.74. The Balaban J connectivity index is 2.33. The molecule has 0 bridgehead atoms. The van der Waals surface area contributed by atoms with E-state index in [0.29, 0.717) is 24.4 Å². The van der Waals surface area contributed by atoms with Gasteiger partial charge in [0.2, 0.25) is 11.9 Å². The molecule has 8 nitrogen and oxygen atoms in total. The van der Waals surface area contributed by atoms with Crippen LogP contribution in [0.2, 0.25) is 0 Å². The lowest BCUT2D eigenvalue weighted by Crippen LogP contribution is -2.25. The summed E-state index contributed by atoms with van der Waals surface area (Å²) in [6.45, 7) is 3.35. The average molecular weight is 277 g/mol. The lowest BCUT2D eigenvalue weighted by atomic mass is 10.5. The zero-order valence-electron chi connectivity index (χ0n) is 11.7. The number of likely N-dealkylation sites (N-methyl/N-ethyl adjacent to an activating group) is 1. The Bertz CT molecular complexity index is 529. The van der Waals surface area contributed by atoms with Crippen LogP contribution in [0.3, 0.4) is 0 Å². The summed E-state index contributed by atoms with van der Waals surface area (Å²) in [5, 5.41) is 16.3. The first-order valence-electron chi connectivity index (χ1n) is 6.56. The summed E-state index contributed by atoms with van der Waals surface area (Å²) >= 11 is 0. The summed E-state index contributed by atoms with van der Waals surface area (Å²) in [4.78, 5) is 14.8. The van der Waals surface area contributed by atoms with Crippen molar-refractivity contribution in [3.8, 4) is 5.95 Å². The number of aromatic nitrogens is 5. The molecule has 0 amide bonds. The topological polar surface area (TPSA) is 92.0 Å². The molecule has 0 saturated heterocycles. The molecule has 0 radical (unpaired) electrons. The van der Waals surface area contributed by atoms with Crippen LogP contribution in [0.4, 0.5) is 11.9 Å². The van der Waals surface area contributed by atoms with Crippen molar-refractivity contribution in [1.29, 1.82) is 0 Å². The Morgan fingerprint density at radius 1 is 1.35 bits per heavy atom. The minimum Gasteiger partial charge on any atom is -0.395 e. The second kappa shape index (κ2) is 6.80. The largest absolute Gasteiger partial charge is 0.395 e. The van der Waals surface area contributed by atoms with Gasteiger partial charge < -0.3 is 15.3 Å². The fourth-order valence-corrected chi connectivity index (χ4v) is 1.58. The van der Waals surface area contributed by atoms with E-state index in [2.05, 4.69) is 32.3 Å². The first-order valence-corrected chi connectivity index (χ1v) is 6.56. The van der Waals surface area contributed by atoms with Crippen LogP contribution in [0.25, 0.3) is 5.95 Å². The molecular formula is C12H19N7O. The molecule has 2 heterocycles. The molecule has 8 heteroatoms. The van der Waals surface area contributed by atoms with E-state index < -0.39 is 0 Å². The van der Waals surface area contributed by atoms with Gasteiger partial charge >= 0.3 is 0 Å². The minimum atomic E-state index is 0.0387. The van der Waals surface area contributed by atoms with E-state index in [1.54, 1.807) is 28.0 Å². The molecule has 0 atom stereocenters. The van der Waals surface area contributed by atoms with E-state index in [1.807, 2.05) is 7.05 Å². The second-order valence-electron chi connectivity index (χ2n) is 4.28. The Morgan fingerprint density at radius 2 is 2.20 bits per heavy atom. The highest BCUT2D eigenvalue weighted by molar-refractivity contribution is 5.39. The van der Waals surface area contributed by atoms with Gasteiger partial charge in [-0.3, -0.25) is 0 Å². The van der Waals surface area contributed by atoms with Gasteiger partial charge in [-0.1, -0.05) is 6.92 Å². The van der Waals surface area contributed by atoms with Gasteiger partial charge in [-0.05, 0) is 12.5 Å². The molecule has 0 spiro atoms. The summed E-state index contributed by atoms with van der Waals surface area (Å²) in [7, 11) is 1.82. The van der Waals surface area contributed by atoms with Crippen LogP contribution in [0, 0.1) is 0 Å². The van der Waals surface area contributed by atoms with Gasteiger partial charge in [0.25, 0.3) is 5.95 Å². The first kappa shape index (κ1) is 14.2. The average Bonchev–Trinajstić information content (AvgIpc) is 2.99. The van der Waals surface area contributed by atoms with Crippen LogP contribution < -0.4 is 10.2 Å². The lowest BCUT2D eigenvalue weighted by Gasteiger charge is -2.17. The maximum Gasteiger partial charge on any atom is 0.257 e. The predicted octanol–water partition coefficient (Wildman–Crippen LogP) is 0.308. The van der Waals surface area contributed by atoms with Crippen LogP contribution in [0.15, 0.2) is 18.5 Å². The normalized spacial score (nSPS) is 10.6. The van der Waals surface area contributed by atoms with E-state index in [4.69, 9.17) is 5.11 Å². The number of hydrogen-bond acceptors (Lipinski definition) is 7. The fraction of sp³-hybridized carbons (Fsp3) is 0.500. The van der Waals surface area contributed by atoms with Crippen molar-refractivity contribution in [3.05, 3.63) is 18.5 Å². The number of aliphatic hydroxyl groups excluding tert-OH is 1. The second-order valence-corrected chi connectivity index (χ2v) is 4.28. The molecule has 2 N–H and O–H groups in total. The van der Waals surface area contributed by atoms with Crippen LogP contribution >= 0.6 is 0 Å². The number of anilines is 2. The van der Waals surface area contributed by atoms with E-state index in [1.165, 1.54) is 0 Å². The SMILES string of the molecule is CCCNc1nc(N(C)CCO)nc(-n2cccn2)n1. The smallest absolute Gasteiger partial charge is 0.257 e. The molecule has 2 aromatic heterocycles. The molecule has 2 aromatic rings. The molecule has 0 aliphatic rings. The number of nitrogens with zero attached hydrogens (tertiary/aromatic N) is 6. The maximum atomic E-state index is 9.02. The molecule has 0 unspecified atom stereocenters. The highest BCUT2D eigenvalue weighted by Gasteiger charge is 2.11. The van der Waals surface area contributed by atoms with Crippen LogP contribution in [-0.4, -0.2) is 56.6 Å². The molecule has 2 rings (SSSR count). The van der Waals surface area contributed by atoms with Crippen molar-refractivity contribution in [3.63, 3.8) is 0 Å². The molecule has 0 aliphatic carbocycles. The minimum absolute atomic E-state index is 0.0387. The molecular weight excluding hydrogens is 258 g/mol. The Morgan fingerprint density at radius 3 is 2.85 bits per heavy atom. The van der Waals surface area contributed by atoms with Gasteiger partial charge in [0.1, 0.15) is 0 Å². The standard InChI is InChI=1S/C12H19N7O/c1-3-5-13-10-15-11(18(2)8-9-20)17-12(16-10)19-7-4-6-14-19/h4,6-7,20H,3,5,8-9H2,1-2H3,(H,13,15,16,17). The van der Waals surface area contributed by atoms with Gasteiger partial charge in [-0.2, -0.15) is 20.1 Å². The molecule has 0 saturated carbocycles. The van der Waals surface area contributed by atoms with E-state index in [-0.39, 0.29) is 6.61 Å². The third kappa shape index (κ3) is 3.41.